The molecule has 1 amide bonds. The monoisotopic (exact) mass is 346 g/mol. The largest absolute Gasteiger partial charge is 0.324 e. The van der Waals surface area contributed by atoms with Crippen molar-refractivity contribution in [1.29, 1.82) is 0 Å². The van der Waals surface area contributed by atoms with Crippen LogP contribution in [0.2, 0.25) is 0 Å². The highest BCUT2D eigenvalue weighted by molar-refractivity contribution is 5.90. The maximum Gasteiger partial charge on any atom is 0.224 e. The predicted molar refractivity (Wildman–Crippen MR) is 100 cm³/mol. The molecule has 2 fully saturated rings. The maximum absolute atomic E-state index is 13.6. The van der Waals surface area contributed by atoms with Gasteiger partial charge in [-0.15, -0.1) is 0 Å². The summed E-state index contributed by atoms with van der Waals surface area (Å²) in [7, 11) is 0. The van der Waals surface area contributed by atoms with Gasteiger partial charge in [0.15, 0.2) is 0 Å². The van der Waals surface area contributed by atoms with Crippen molar-refractivity contribution >= 4 is 11.6 Å². The Hall–Kier alpha value is -1.42. The number of halogens is 1. The van der Waals surface area contributed by atoms with Crippen LogP contribution < -0.4 is 5.32 Å². The normalized spacial score (nSPS) is 23.2. The van der Waals surface area contributed by atoms with E-state index in [2.05, 4.69) is 10.2 Å². The number of piperidine rings is 1. The van der Waals surface area contributed by atoms with Gasteiger partial charge in [0.05, 0.1) is 5.69 Å². The summed E-state index contributed by atoms with van der Waals surface area (Å²) in [5.74, 6) is 0.160. The van der Waals surface area contributed by atoms with Crippen LogP contribution in [0.15, 0.2) is 24.3 Å². The molecule has 1 N–H and O–H groups in total. The summed E-state index contributed by atoms with van der Waals surface area (Å²) in [6.07, 6.45) is 12.1. The van der Waals surface area contributed by atoms with Crippen LogP contribution in [0, 0.1) is 11.7 Å². The number of hydrogen-bond acceptors (Lipinski definition) is 2. The minimum Gasteiger partial charge on any atom is -0.324 e. The highest BCUT2D eigenvalue weighted by Gasteiger charge is 2.26. The lowest BCUT2D eigenvalue weighted by Crippen LogP contribution is -2.42. The van der Waals surface area contributed by atoms with Crippen LogP contribution in [0.3, 0.4) is 0 Å². The lowest BCUT2D eigenvalue weighted by molar-refractivity contribution is -0.116. The number of rotatable bonds is 5. The molecule has 1 heterocycles. The molecule has 0 spiro atoms. The first-order valence-electron chi connectivity index (χ1n) is 10.0. The molecule has 0 radical (unpaired) electrons. The van der Waals surface area contributed by atoms with Gasteiger partial charge in [0.2, 0.25) is 5.91 Å². The van der Waals surface area contributed by atoms with Crippen LogP contribution in [-0.2, 0) is 4.79 Å². The fourth-order valence-electron chi connectivity index (χ4n) is 4.40. The Bertz CT molecular complexity index is 555. The maximum atomic E-state index is 13.6. The zero-order chi connectivity index (χ0) is 17.5. The molecule has 1 aliphatic carbocycles. The van der Waals surface area contributed by atoms with Crippen LogP contribution >= 0.6 is 0 Å². The van der Waals surface area contributed by atoms with E-state index in [4.69, 9.17) is 0 Å². The van der Waals surface area contributed by atoms with E-state index in [1.807, 2.05) is 0 Å². The Balaban J connectivity index is 1.44. The van der Waals surface area contributed by atoms with Crippen molar-refractivity contribution in [2.24, 2.45) is 5.92 Å². The van der Waals surface area contributed by atoms with Gasteiger partial charge in [-0.3, -0.25) is 4.79 Å². The Morgan fingerprint density at radius 2 is 1.84 bits per heavy atom. The smallest absolute Gasteiger partial charge is 0.224 e. The van der Waals surface area contributed by atoms with Crippen LogP contribution in [0.5, 0.6) is 0 Å². The molecule has 1 aliphatic heterocycles. The number of carbonyl (C=O) groups excluding carboxylic acids is 1. The van der Waals surface area contributed by atoms with Crippen LogP contribution in [-0.4, -0.2) is 29.9 Å². The summed E-state index contributed by atoms with van der Waals surface area (Å²) in [5.41, 5.74) is 0.288. The Morgan fingerprint density at radius 3 is 2.60 bits per heavy atom. The number of carbonyl (C=O) groups is 1. The van der Waals surface area contributed by atoms with Crippen molar-refractivity contribution in [2.75, 3.05) is 18.4 Å². The average Bonchev–Trinajstić information content (AvgIpc) is 2.92. The van der Waals surface area contributed by atoms with Gasteiger partial charge in [0.25, 0.3) is 0 Å². The van der Waals surface area contributed by atoms with Gasteiger partial charge >= 0.3 is 0 Å². The van der Waals surface area contributed by atoms with E-state index in [0.29, 0.717) is 12.3 Å². The number of anilines is 1. The van der Waals surface area contributed by atoms with E-state index in [1.54, 1.807) is 18.2 Å². The molecule has 0 bridgehead atoms. The van der Waals surface area contributed by atoms with Gasteiger partial charge in [0, 0.05) is 19.0 Å². The molecule has 1 saturated heterocycles. The van der Waals surface area contributed by atoms with Crippen LogP contribution in [0.4, 0.5) is 10.1 Å². The summed E-state index contributed by atoms with van der Waals surface area (Å²) in [5, 5.41) is 2.71. The van der Waals surface area contributed by atoms with Gasteiger partial charge in [-0.1, -0.05) is 37.8 Å². The highest BCUT2D eigenvalue weighted by atomic mass is 19.1. The van der Waals surface area contributed by atoms with Crippen molar-refractivity contribution in [3.05, 3.63) is 30.1 Å². The summed E-state index contributed by atoms with van der Waals surface area (Å²) >= 11 is 0. The molecule has 1 atom stereocenters. The van der Waals surface area contributed by atoms with Gasteiger partial charge in [0.1, 0.15) is 5.82 Å². The third kappa shape index (κ3) is 5.53. The third-order valence-corrected chi connectivity index (χ3v) is 5.82. The number of benzene rings is 1. The number of amides is 1. The summed E-state index contributed by atoms with van der Waals surface area (Å²) in [4.78, 5) is 14.8. The average molecular weight is 346 g/mol. The van der Waals surface area contributed by atoms with Gasteiger partial charge in [-0.25, -0.2) is 4.39 Å². The van der Waals surface area contributed by atoms with Crippen LogP contribution in [0.1, 0.15) is 64.2 Å². The lowest BCUT2D eigenvalue weighted by atomic mass is 9.91. The van der Waals surface area contributed by atoms with Crippen molar-refractivity contribution < 1.29 is 9.18 Å². The minimum atomic E-state index is -0.368. The molecule has 3 rings (SSSR count). The molecule has 1 unspecified atom stereocenters. The van der Waals surface area contributed by atoms with Crippen molar-refractivity contribution in [1.82, 2.24) is 4.90 Å². The first kappa shape index (κ1) is 18.4. The Labute approximate surface area is 151 Å². The second-order valence-corrected chi connectivity index (χ2v) is 7.72. The molecular weight excluding hydrogens is 315 g/mol. The molecule has 3 nitrogen and oxygen atoms in total. The second-order valence-electron chi connectivity index (χ2n) is 7.72. The molecule has 2 aliphatic rings. The Kier molecular flexibility index (Phi) is 6.85. The fraction of sp³-hybridized carbons (Fsp3) is 0.667. The molecule has 1 saturated carbocycles. The molecule has 1 aromatic rings. The zero-order valence-electron chi connectivity index (χ0n) is 15.2. The van der Waals surface area contributed by atoms with E-state index >= 15 is 0 Å². The van der Waals surface area contributed by atoms with E-state index in [0.717, 1.165) is 19.0 Å². The molecule has 25 heavy (non-hydrogen) atoms. The topological polar surface area (TPSA) is 32.3 Å². The molecule has 1 aromatic carbocycles. The van der Waals surface area contributed by atoms with E-state index in [1.165, 1.54) is 64.0 Å². The second kappa shape index (κ2) is 9.33. The quantitative estimate of drug-likeness (QED) is 0.763. The first-order chi connectivity index (χ1) is 12.2. The van der Waals surface area contributed by atoms with E-state index in [-0.39, 0.29) is 17.4 Å². The number of nitrogens with zero attached hydrogens (tertiary/aromatic N) is 1. The summed E-state index contributed by atoms with van der Waals surface area (Å²) in [6.45, 7) is 2.36. The fourth-order valence-corrected chi connectivity index (χ4v) is 4.40. The first-order valence-corrected chi connectivity index (χ1v) is 10.0. The summed E-state index contributed by atoms with van der Waals surface area (Å²) < 4.78 is 13.6. The van der Waals surface area contributed by atoms with Crippen LogP contribution in [0.25, 0.3) is 0 Å². The number of nitrogens with one attached hydrogen (secondary N) is 1. The number of hydrogen-bond donors (Lipinski definition) is 1. The van der Waals surface area contributed by atoms with Crippen molar-refractivity contribution in [3.8, 4) is 0 Å². The number of likely N-dealkylation sites (tertiary alicyclic amines) is 1. The minimum absolute atomic E-state index is 0.0725. The number of para-hydroxylation sites is 1. The lowest BCUT2D eigenvalue weighted by Gasteiger charge is -2.38. The zero-order valence-corrected chi connectivity index (χ0v) is 15.2. The molecule has 0 aromatic heterocycles. The van der Waals surface area contributed by atoms with Gasteiger partial charge < -0.3 is 10.2 Å². The SMILES string of the molecule is O=C(CCC1CCCN(C2CCCCCC2)C1)Nc1ccccc1F. The van der Waals surface area contributed by atoms with Crippen molar-refractivity contribution in [2.45, 2.75) is 70.3 Å². The summed E-state index contributed by atoms with van der Waals surface area (Å²) in [6, 6.07) is 7.13. The van der Waals surface area contributed by atoms with Gasteiger partial charge in [-0.05, 0) is 56.7 Å². The van der Waals surface area contributed by atoms with Crippen molar-refractivity contribution in [3.63, 3.8) is 0 Å². The Morgan fingerprint density at radius 1 is 1.08 bits per heavy atom. The van der Waals surface area contributed by atoms with E-state index in [9.17, 15) is 9.18 Å². The highest BCUT2D eigenvalue weighted by Crippen LogP contribution is 2.28. The van der Waals surface area contributed by atoms with E-state index < -0.39 is 0 Å². The molecular formula is C21H31FN2O. The predicted octanol–water partition coefficient (Wildman–Crippen LogP) is 4.98. The van der Waals surface area contributed by atoms with Gasteiger partial charge in [-0.2, -0.15) is 0 Å². The standard InChI is InChI=1S/C21H31FN2O/c22-19-11-5-6-12-20(19)23-21(25)14-13-17-8-7-15-24(16-17)18-9-3-1-2-4-10-18/h5-6,11-12,17-18H,1-4,7-10,13-16H2,(H,23,25). The third-order valence-electron chi connectivity index (χ3n) is 5.82. The molecule has 4 heteroatoms. The molecule has 138 valence electrons.